The lowest BCUT2D eigenvalue weighted by Gasteiger charge is -2.16. The molecular formula is C23H30N4O2S. The van der Waals surface area contributed by atoms with E-state index in [1.165, 1.54) is 17.3 Å². The van der Waals surface area contributed by atoms with Gasteiger partial charge in [-0.15, -0.1) is 0 Å². The molecule has 1 aromatic carbocycles. The molecule has 0 saturated carbocycles. The van der Waals surface area contributed by atoms with Crippen LogP contribution in [0.5, 0.6) is 0 Å². The van der Waals surface area contributed by atoms with Crippen LogP contribution in [0.25, 0.3) is 11.0 Å². The summed E-state index contributed by atoms with van der Waals surface area (Å²) in [6, 6.07) is 9.93. The molecule has 0 fully saturated rings. The van der Waals surface area contributed by atoms with E-state index < -0.39 is 0 Å². The van der Waals surface area contributed by atoms with Crippen LogP contribution in [0, 0.1) is 19.8 Å². The lowest BCUT2D eigenvalue weighted by atomic mass is 10.1. The molecule has 1 atom stereocenters. The molecule has 0 spiro atoms. The molecule has 0 bridgehead atoms. The molecule has 6 nitrogen and oxygen atoms in total. The van der Waals surface area contributed by atoms with Crippen LogP contribution in [-0.4, -0.2) is 26.2 Å². The van der Waals surface area contributed by atoms with Gasteiger partial charge in [-0.1, -0.05) is 55.4 Å². The van der Waals surface area contributed by atoms with Crippen molar-refractivity contribution in [2.45, 2.75) is 58.8 Å². The summed E-state index contributed by atoms with van der Waals surface area (Å²) >= 11 is 1.31. The van der Waals surface area contributed by atoms with E-state index in [9.17, 15) is 9.59 Å². The highest BCUT2D eigenvalue weighted by molar-refractivity contribution is 7.99. The van der Waals surface area contributed by atoms with Crippen LogP contribution in [0.4, 0.5) is 0 Å². The maximum Gasteiger partial charge on any atom is 0.278 e. The molecule has 0 aliphatic heterocycles. The number of hydrogen-bond acceptors (Lipinski definition) is 4. The van der Waals surface area contributed by atoms with Crippen LogP contribution in [0.1, 0.15) is 50.1 Å². The summed E-state index contributed by atoms with van der Waals surface area (Å²) in [6.07, 6.45) is 0.872. The number of aromatic nitrogens is 3. The zero-order chi connectivity index (χ0) is 21.8. The zero-order valence-corrected chi connectivity index (χ0v) is 19.1. The number of rotatable bonds is 8. The zero-order valence-electron chi connectivity index (χ0n) is 18.3. The van der Waals surface area contributed by atoms with Gasteiger partial charge in [0.05, 0.1) is 17.3 Å². The Kier molecular flexibility index (Phi) is 7.02. The molecule has 2 aromatic heterocycles. The van der Waals surface area contributed by atoms with E-state index >= 15 is 0 Å². The second-order valence-electron chi connectivity index (χ2n) is 8.23. The van der Waals surface area contributed by atoms with Gasteiger partial charge in [0.2, 0.25) is 5.91 Å². The van der Waals surface area contributed by atoms with Gasteiger partial charge in [-0.2, -0.15) is 0 Å². The first-order valence-electron chi connectivity index (χ1n) is 10.3. The number of thioether (sulfide) groups is 1. The molecule has 3 rings (SSSR count). The number of fused-ring (bicyclic) bond motifs is 1. The number of nitrogens with one attached hydrogen (secondary N) is 2. The van der Waals surface area contributed by atoms with E-state index in [0.29, 0.717) is 28.7 Å². The maximum absolute atomic E-state index is 13.0. The molecule has 1 amide bonds. The minimum absolute atomic E-state index is 0.0790. The van der Waals surface area contributed by atoms with Gasteiger partial charge >= 0.3 is 0 Å². The van der Waals surface area contributed by atoms with E-state index in [-0.39, 0.29) is 23.3 Å². The summed E-state index contributed by atoms with van der Waals surface area (Å²) in [6.45, 7) is 10.8. The van der Waals surface area contributed by atoms with Crippen molar-refractivity contribution in [3.05, 3.63) is 57.5 Å². The second-order valence-corrected chi connectivity index (χ2v) is 9.18. The summed E-state index contributed by atoms with van der Waals surface area (Å²) in [7, 11) is 0. The van der Waals surface area contributed by atoms with E-state index in [1.807, 2.05) is 51.1 Å². The smallest absolute Gasteiger partial charge is 0.278 e. The predicted octanol–water partition coefficient (Wildman–Crippen LogP) is 4.36. The van der Waals surface area contributed by atoms with Crippen LogP contribution >= 0.6 is 11.8 Å². The van der Waals surface area contributed by atoms with Gasteiger partial charge < -0.3 is 10.3 Å². The number of nitrogens with zero attached hydrogens (tertiary/aromatic N) is 2. The first-order valence-corrected chi connectivity index (χ1v) is 11.3. The standard InChI is InChI=1S/C23H30N4O2S/c1-14(2)10-11-27-22(29)21-19(12-16(4)24-21)26-23(27)30-13-20(28)25-17(5)18-8-6-15(3)7-9-18/h6-9,12,14,17,24H,10-11,13H2,1-5H3,(H,25,28). The Hall–Kier alpha value is -2.54. The third-order valence-electron chi connectivity index (χ3n) is 5.05. The van der Waals surface area contributed by atoms with Gasteiger partial charge in [0.25, 0.3) is 5.56 Å². The van der Waals surface area contributed by atoms with Gasteiger partial charge in [0, 0.05) is 12.2 Å². The Morgan fingerprint density at radius 3 is 2.57 bits per heavy atom. The van der Waals surface area contributed by atoms with Gasteiger partial charge in [-0.3, -0.25) is 14.2 Å². The molecule has 0 saturated heterocycles. The Labute approximate surface area is 181 Å². The van der Waals surface area contributed by atoms with Crippen molar-refractivity contribution >= 4 is 28.7 Å². The molecule has 30 heavy (non-hydrogen) atoms. The highest BCUT2D eigenvalue weighted by Gasteiger charge is 2.16. The first-order chi connectivity index (χ1) is 14.2. The normalized spacial score (nSPS) is 12.5. The van der Waals surface area contributed by atoms with Crippen LogP contribution < -0.4 is 10.9 Å². The molecule has 0 radical (unpaired) electrons. The van der Waals surface area contributed by atoms with Gasteiger partial charge in [0.1, 0.15) is 5.52 Å². The number of aryl methyl sites for hydroxylation is 2. The highest BCUT2D eigenvalue weighted by Crippen LogP contribution is 2.20. The molecule has 1 unspecified atom stereocenters. The van der Waals surface area contributed by atoms with Crippen molar-refractivity contribution in [2.24, 2.45) is 5.92 Å². The van der Waals surface area contributed by atoms with E-state index in [4.69, 9.17) is 0 Å². The van der Waals surface area contributed by atoms with Crippen molar-refractivity contribution in [2.75, 3.05) is 5.75 Å². The maximum atomic E-state index is 13.0. The summed E-state index contributed by atoms with van der Waals surface area (Å²) in [5, 5.41) is 3.62. The van der Waals surface area contributed by atoms with Crippen LogP contribution in [0.15, 0.2) is 40.3 Å². The summed E-state index contributed by atoms with van der Waals surface area (Å²) in [5.74, 6) is 0.594. The molecule has 0 aliphatic carbocycles. The first kappa shape index (κ1) is 22.2. The number of aromatic amines is 1. The van der Waals surface area contributed by atoms with Crippen LogP contribution in [-0.2, 0) is 11.3 Å². The van der Waals surface area contributed by atoms with Crippen molar-refractivity contribution in [3.8, 4) is 0 Å². The molecule has 3 aromatic rings. The largest absolute Gasteiger partial charge is 0.353 e. The molecule has 160 valence electrons. The van der Waals surface area contributed by atoms with Gasteiger partial charge in [0.15, 0.2) is 5.16 Å². The van der Waals surface area contributed by atoms with Crippen molar-refractivity contribution in [1.29, 1.82) is 0 Å². The average molecular weight is 427 g/mol. The minimum atomic E-state index is -0.0805. The predicted molar refractivity (Wildman–Crippen MR) is 123 cm³/mol. The Morgan fingerprint density at radius 1 is 1.20 bits per heavy atom. The fourth-order valence-electron chi connectivity index (χ4n) is 3.26. The Balaban J connectivity index is 1.75. The highest BCUT2D eigenvalue weighted by atomic mass is 32.2. The third kappa shape index (κ3) is 5.33. The lowest BCUT2D eigenvalue weighted by Crippen LogP contribution is -2.29. The monoisotopic (exact) mass is 426 g/mol. The third-order valence-corrected chi connectivity index (χ3v) is 6.03. The number of amides is 1. The lowest BCUT2D eigenvalue weighted by molar-refractivity contribution is -0.119. The summed E-state index contributed by atoms with van der Waals surface area (Å²) < 4.78 is 1.69. The average Bonchev–Trinajstić information content (AvgIpc) is 3.06. The van der Waals surface area contributed by atoms with E-state index in [0.717, 1.165) is 17.7 Å². The number of hydrogen-bond donors (Lipinski definition) is 2. The van der Waals surface area contributed by atoms with Crippen molar-refractivity contribution < 1.29 is 4.79 Å². The quantitative estimate of drug-likeness (QED) is 0.414. The fraction of sp³-hybridized carbons (Fsp3) is 0.435. The Morgan fingerprint density at radius 2 is 1.90 bits per heavy atom. The second kappa shape index (κ2) is 9.51. The molecule has 7 heteroatoms. The summed E-state index contributed by atoms with van der Waals surface area (Å²) in [5.41, 5.74) is 4.25. The van der Waals surface area contributed by atoms with Crippen molar-refractivity contribution in [1.82, 2.24) is 19.9 Å². The molecule has 0 aliphatic rings. The SMILES string of the molecule is Cc1ccc(C(C)NC(=O)CSc2nc3cc(C)[nH]c3c(=O)n2CCC(C)C)cc1. The summed E-state index contributed by atoms with van der Waals surface area (Å²) in [4.78, 5) is 33.3. The number of H-pyrrole nitrogens is 1. The fourth-order valence-corrected chi connectivity index (χ4v) is 4.09. The number of benzene rings is 1. The Bertz CT molecular complexity index is 1080. The minimum Gasteiger partial charge on any atom is -0.353 e. The molecule has 2 heterocycles. The molecular weight excluding hydrogens is 396 g/mol. The van der Waals surface area contributed by atoms with Crippen LogP contribution in [0.3, 0.4) is 0 Å². The van der Waals surface area contributed by atoms with E-state index in [2.05, 4.69) is 29.1 Å². The number of carbonyl (C=O) groups excluding carboxylic acids is 1. The van der Waals surface area contributed by atoms with Crippen LogP contribution in [0.2, 0.25) is 0 Å². The van der Waals surface area contributed by atoms with Crippen molar-refractivity contribution in [3.63, 3.8) is 0 Å². The van der Waals surface area contributed by atoms with Gasteiger partial charge in [-0.25, -0.2) is 4.98 Å². The number of carbonyl (C=O) groups is 1. The van der Waals surface area contributed by atoms with E-state index in [1.54, 1.807) is 4.57 Å². The van der Waals surface area contributed by atoms with Gasteiger partial charge in [-0.05, 0) is 44.7 Å². The topological polar surface area (TPSA) is 79.8 Å². The molecule has 2 N–H and O–H groups in total.